The Hall–Kier alpha value is -2.56. The average molecular weight is 430 g/mol. The van der Waals surface area contributed by atoms with E-state index in [-0.39, 0.29) is 18.1 Å². The van der Waals surface area contributed by atoms with E-state index in [0.717, 1.165) is 17.0 Å². The summed E-state index contributed by atoms with van der Waals surface area (Å²) < 4.78 is 28.2. The van der Waals surface area contributed by atoms with E-state index in [9.17, 15) is 8.42 Å². The van der Waals surface area contributed by atoms with E-state index in [4.69, 9.17) is 4.98 Å². The number of likely N-dealkylation sites (tertiary alicyclic amines) is 1. The molecule has 1 saturated heterocycles. The number of nitrogens with zero attached hydrogens (tertiary/aromatic N) is 5. The van der Waals surface area contributed by atoms with Gasteiger partial charge in [-0.3, -0.25) is 14.7 Å². The van der Waals surface area contributed by atoms with Crippen LogP contribution < -0.4 is 4.72 Å². The molecule has 30 heavy (non-hydrogen) atoms. The molecule has 3 aromatic rings. The number of nitrogens with one attached hydrogen (secondary N) is 2. The highest BCUT2D eigenvalue weighted by Crippen LogP contribution is 2.32. The lowest BCUT2D eigenvalue weighted by Gasteiger charge is -2.21. The van der Waals surface area contributed by atoms with E-state index in [0.29, 0.717) is 25.3 Å². The lowest BCUT2D eigenvalue weighted by atomic mass is 10.1. The number of H-pyrrole nitrogens is 1. The molecule has 9 nitrogen and oxygen atoms in total. The van der Waals surface area contributed by atoms with Crippen LogP contribution in [0.3, 0.4) is 0 Å². The van der Waals surface area contributed by atoms with Crippen molar-refractivity contribution in [2.45, 2.75) is 44.9 Å². The van der Waals surface area contributed by atoms with Crippen molar-refractivity contribution in [3.63, 3.8) is 0 Å². The van der Waals surface area contributed by atoms with Gasteiger partial charge in [-0.15, -0.1) is 0 Å². The van der Waals surface area contributed by atoms with Gasteiger partial charge in [0.05, 0.1) is 18.5 Å². The monoisotopic (exact) mass is 429 g/mol. The molecular formula is C20H27N7O2S. The van der Waals surface area contributed by atoms with Gasteiger partial charge in [-0.2, -0.15) is 10.2 Å². The average Bonchev–Trinajstić information content (AvgIpc) is 3.41. The maximum Gasteiger partial charge on any atom is 0.208 e. The van der Waals surface area contributed by atoms with Crippen molar-refractivity contribution >= 4 is 10.0 Å². The molecule has 2 unspecified atom stereocenters. The van der Waals surface area contributed by atoms with Gasteiger partial charge in [0.1, 0.15) is 5.82 Å². The quantitative estimate of drug-likeness (QED) is 0.595. The third-order valence-corrected chi connectivity index (χ3v) is 5.97. The Labute approximate surface area is 176 Å². The lowest BCUT2D eigenvalue weighted by molar-refractivity contribution is 0.238. The highest BCUT2D eigenvalue weighted by Gasteiger charge is 2.36. The minimum atomic E-state index is -3.29. The first-order valence-electron chi connectivity index (χ1n) is 10.0. The fourth-order valence-electron chi connectivity index (χ4n) is 3.87. The molecule has 10 heteroatoms. The molecule has 0 amide bonds. The van der Waals surface area contributed by atoms with Crippen LogP contribution in [0.25, 0.3) is 11.4 Å². The molecule has 1 aromatic carbocycles. The van der Waals surface area contributed by atoms with Crippen molar-refractivity contribution in [3.8, 4) is 11.4 Å². The molecule has 0 aliphatic carbocycles. The first kappa shape index (κ1) is 20.7. The van der Waals surface area contributed by atoms with Gasteiger partial charge in [-0.25, -0.2) is 18.1 Å². The van der Waals surface area contributed by atoms with Gasteiger partial charge in [0.2, 0.25) is 10.0 Å². The third kappa shape index (κ3) is 4.77. The number of benzene rings is 1. The molecule has 1 aliphatic heterocycles. The second kappa shape index (κ2) is 8.29. The summed E-state index contributed by atoms with van der Waals surface area (Å²) in [6.07, 6.45) is 5.72. The van der Waals surface area contributed by atoms with Gasteiger partial charge >= 0.3 is 0 Å². The molecule has 0 spiro atoms. The minimum absolute atomic E-state index is 0.0726. The molecular weight excluding hydrogens is 402 g/mol. The fraction of sp³-hybridized carbons (Fsp3) is 0.450. The second-order valence-electron chi connectivity index (χ2n) is 8.10. The Morgan fingerprint density at radius 3 is 2.70 bits per heavy atom. The Balaban J connectivity index is 1.58. The topological polar surface area (TPSA) is 109 Å². The zero-order valence-electron chi connectivity index (χ0n) is 17.4. The van der Waals surface area contributed by atoms with Gasteiger partial charge in [-0.1, -0.05) is 30.3 Å². The van der Waals surface area contributed by atoms with Crippen molar-refractivity contribution < 1.29 is 8.42 Å². The summed E-state index contributed by atoms with van der Waals surface area (Å²) in [7, 11) is -3.29. The first-order valence-corrected chi connectivity index (χ1v) is 11.9. The van der Waals surface area contributed by atoms with E-state index in [1.54, 1.807) is 0 Å². The molecule has 4 rings (SSSR count). The normalized spacial score (nSPS) is 20.3. The van der Waals surface area contributed by atoms with Gasteiger partial charge < -0.3 is 0 Å². The summed E-state index contributed by atoms with van der Waals surface area (Å²) >= 11 is 0. The highest BCUT2D eigenvalue weighted by atomic mass is 32.2. The Bertz CT molecular complexity index is 1090. The van der Waals surface area contributed by atoms with Crippen molar-refractivity contribution in [1.29, 1.82) is 0 Å². The van der Waals surface area contributed by atoms with Crippen LogP contribution >= 0.6 is 0 Å². The van der Waals surface area contributed by atoms with Crippen LogP contribution in [0.1, 0.15) is 43.7 Å². The van der Waals surface area contributed by atoms with Gasteiger partial charge in [0.15, 0.2) is 5.82 Å². The van der Waals surface area contributed by atoms with Crippen molar-refractivity contribution in [2.75, 3.05) is 12.8 Å². The third-order valence-electron chi connectivity index (χ3n) is 5.20. The van der Waals surface area contributed by atoms with Crippen LogP contribution in [0, 0.1) is 0 Å². The van der Waals surface area contributed by atoms with Gasteiger partial charge in [-0.05, 0) is 20.3 Å². The van der Waals surface area contributed by atoms with Crippen molar-refractivity contribution in [2.24, 2.45) is 0 Å². The number of aromatic amines is 1. The van der Waals surface area contributed by atoms with Gasteiger partial charge in [0.25, 0.3) is 0 Å². The SMILES string of the molecule is CC(C)n1cc(CN2CC(NS(C)(=O)=O)CC2c2nc(-c3ccccc3)n[nH]2)cn1. The van der Waals surface area contributed by atoms with Crippen LogP contribution in [-0.4, -0.2) is 57.1 Å². The smallest absolute Gasteiger partial charge is 0.208 e. The first-order chi connectivity index (χ1) is 14.3. The predicted molar refractivity (Wildman–Crippen MR) is 114 cm³/mol. The van der Waals surface area contributed by atoms with Crippen molar-refractivity contribution in [1.82, 2.24) is 34.6 Å². The van der Waals surface area contributed by atoms with Gasteiger partial charge in [0, 0.05) is 42.5 Å². The highest BCUT2D eigenvalue weighted by molar-refractivity contribution is 7.88. The van der Waals surface area contributed by atoms with E-state index in [2.05, 4.69) is 38.8 Å². The number of hydrogen-bond acceptors (Lipinski definition) is 6. The van der Waals surface area contributed by atoms with E-state index < -0.39 is 10.0 Å². The predicted octanol–water partition coefficient (Wildman–Crippen LogP) is 2.11. The maximum atomic E-state index is 11.8. The molecule has 2 atom stereocenters. The molecule has 0 bridgehead atoms. The Morgan fingerprint density at radius 2 is 2.03 bits per heavy atom. The molecule has 0 saturated carbocycles. The van der Waals surface area contributed by atoms with Crippen LogP contribution in [0.4, 0.5) is 0 Å². The van der Waals surface area contributed by atoms with Crippen LogP contribution in [0.5, 0.6) is 0 Å². The van der Waals surface area contributed by atoms with Crippen LogP contribution in [0.15, 0.2) is 42.7 Å². The number of hydrogen-bond donors (Lipinski definition) is 2. The molecule has 2 N–H and O–H groups in total. The zero-order valence-corrected chi connectivity index (χ0v) is 18.2. The molecule has 1 aliphatic rings. The van der Waals surface area contributed by atoms with E-state index >= 15 is 0 Å². The lowest BCUT2D eigenvalue weighted by Crippen LogP contribution is -2.36. The zero-order chi connectivity index (χ0) is 21.3. The summed E-state index contributed by atoms with van der Waals surface area (Å²) in [5, 5.41) is 11.9. The maximum absolute atomic E-state index is 11.8. The summed E-state index contributed by atoms with van der Waals surface area (Å²) in [5.41, 5.74) is 2.02. The largest absolute Gasteiger partial charge is 0.287 e. The Morgan fingerprint density at radius 1 is 1.27 bits per heavy atom. The molecule has 0 radical (unpaired) electrons. The van der Waals surface area contributed by atoms with Crippen LogP contribution in [-0.2, 0) is 16.6 Å². The fourth-order valence-corrected chi connectivity index (χ4v) is 4.64. The minimum Gasteiger partial charge on any atom is -0.287 e. The molecule has 3 heterocycles. The number of aromatic nitrogens is 5. The van der Waals surface area contributed by atoms with Crippen molar-refractivity contribution in [3.05, 3.63) is 54.1 Å². The van der Waals surface area contributed by atoms with E-state index in [1.165, 1.54) is 6.26 Å². The van der Waals surface area contributed by atoms with E-state index in [1.807, 2.05) is 47.4 Å². The molecule has 1 fully saturated rings. The van der Waals surface area contributed by atoms with Crippen LogP contribution in [0.2, 0.25) is 0 Å². The molecule has 160 valence electrons. The summed E-state index contributed by atoms with van der Waals surface area (Å²) in [6.45, 7) is 5.41. The standard InChI is InChI=1S/C20H27N7O2S/c1-14(2)27-12-15(10-21-27)11-26-13-17(25-30(3,28)29)9-18(26)20-22-19(23-24-20)16-7-5-4-6-8-16/h4-8,10,12,14,17-18,25H,9,11,13H2,1-3H3,(H,22,23,24). The number of sulfonamides is 1. The molecule has 2 aromatic heterocycles. The number of rotatable bonds is 7. The second-order valence-corrected chi connectivity index (χ2v) is 9.88. The Kier molecular flexibility index (Phi) is 5.72. The summed E-state index contributed by atoms with van der Waals surface area (Å²) in [4.78, 5) is 6.93. The summed E-state index contributed by atoms with van der Waals surface area (Å²) in [5.74, 6) is 1.38. The summed E-state index contributed by atoms with van der Waals surface area (Å²) in [6, 6.07) is 9.82.